The molecule has 1 amide bonds. The van der Waals surface area contributed by atoms with Gasteiger partial charge < -0.3 is 9.64 Å². The van der Waals surface area contributed by atoms with Gasteiger partial charge in [-0.2, -0.15) is 0 Å². The van der Waals surface area contributed by atoms with E-state index in [1.54, 1.807) is 19.2 Å². The van der Waals surface area contributed by atoms with Crippen LogP contribution in [0.1, 0.15) is 0 Å². The van der Waals surface area contributed by atoms with Crippen LogP contribution < -0.4 is 0 Å². The molecule has 3 nitrogen and oxygen atoms in total. The fourth-order valence-corrected chi connectivity index (χ4v) is 1.35. The average Bonchev–Trinajstić information content (AvgIpc) is 2.51. The minimum Gasteiger partial charge on any atom is -0.497 e. The molecule has 0 N–H and O–H groups in total. The van der Waals surface area contributed by atoms with Gasteiger partial charge in [0.25, 0.3) is 5.91 Å². The van der Waals surface area contributed by atoms with Gasteiger partial charge >= 0.3 is 0 Å². The molecule has 1 rings (SSSR count). The van der Waals surface area contributed by atoms with Crippen LogP contribution in [0.3, 0.4) is 0 Å². The van der Waals surface area contributed by atoms with Gasteiger partial charge in [-0.25, -0.2) is 4.39 Å². The molecule has 0 bridgehead atoms. The Balaban J connectivity index is 2.84. The van der Waals surface area contributed by atoms with Crippen LogP contribution in [0.5, 0.6) is 0 Å². The third kappa shape index (κ3) is 2.46. The fraction of sp³-hybridized carbons (Fsp3) is 0.364. The molecule has 0 aromatic rings. The summed E-state index contributed by atoms with van der Waals surface area (Å²) < 4.78 is 17.4. The van der Waals surface area contributed by atoms with Gasteiger partial charge in [0.1, 0.15) is 12.4 Å². The van der Waals surface area contributed by atoms with E-state index in [-0.39, 0.29) is 11.5 Å². The Hall–Kier alpha value is -1.58. The minimum atomic E-state index is -0.734. The average molecular weight is 211 g/mol. The second kappa shape index (κ2) is 4.77. The molecule has 0 fully saturated rings. The molecular formula is C11H14FNO2. The molecule has 4 heteroatoms. The third-order valence-corrected chi connectivity index (χ3v) is 2.27. The van der Waals surface area contributed by atoms with Gasteiger partial charge in [-0.1, -0.05) is 12.7 Å². The number of rotatable bonds is 4. The monoisotopic (exact) mass is 211 g/mol. The van der Waals surface area contributed by atoms with Crippen LogP contribution in [0.15, 0.2) is 35.6 Å². The van der Waals surface area contributed by atoms with Crippen molar-refractivity contribution in [3.05, 3.63) is 35.6 Å². The van der Waals surface area contributed by atoms with E-state index in [1.165, 1.54) is 12.0 Å². The largest absolute Gasteiger partial charge is 0.497 e. The third-order valence-electron chi connectivity index (χ3n) is 2.27. The molecule has 0 saturated carbocycles. The SMILES string of the molecule is C=C(/C=C\C1=C(CF)C(=O)N(C)C1)OC. The maximum atomic E-state index is 12.6. The molecule has 0 radical (unpaired) electrons. The van der Waals surface area contributed by atoms with Crippen molar-refractivity contribution >= 4 is 5.91 Å². The van der Waals surface area contributed by atoms with E-state index in [2.05, 4.69) is 6.58 Å². The number of hydrogen-bond acceptors (Lipinski definition) is 2. The van der Waals surface area contributed by atoms with Crippen molar-refractivity contribution in [2.75, 3.05) is 27.4 Å². The zero-order valence-corrected chi connectivity index (χ0v) is 8.92. The maximum Gasteiger partial charge on any atom is 0.252 e. The van der Waals surface area contributed by atoms with E-state index in [9.17, 15) is 9.18 Å². The van der Waals surface area contributed by atoms with Gasteiger partial charge in [0.2, 0.25) is 0 Å². The van der Waals surface area contributed by atoms with Crippen LogP contribution in [0.2, 0.25) is 0 Å². The molecule has 1 aliphatic rings. The van der Waals surface area contributed by atoms with E-state index < -0.39 is 6.67 Å². The number of allylic oxidation sites excluding steroid dienone is 1. The highest BCUT2D eigenvalue weighted by Crippen LogP contribution is 2.19. The lowest BCUT2D eigenvalue weighted by Gasteiger charge is -2.06. The number of amides is 1. The number of hydrogen-bond donors (Lipinski definition) is 0. The topological polar surface area (TPSA) is 29.5 Å². The van der Waals surface area contributed by atoms with Gasteiger partial charge in [0.05, 0.1) is 12.7 Å². The van der Waals surface area contributed by atoms with Crippen LogP contribution >= 0.6 is 0 Å². The zero-order chi connectivity index (χ0) is 11.4. The molecule has 0 unspecified atom stereocenters. The highest BCUT2D eigenvalue weighted by Gasteiger charge is 2.25. The smallest absolute Gasteiger partial charge is 0.252 e. The van der Waals surface area contributed by atoms with Crippen molar-refractivity contribution in [2.45, 2.75) is 0 Å². The second-order valence-corrected chi connectivity index (χ2v) is 3.30. The first kappa shape index (κ1) is 11.5. The standard InChI is InChI=1S/C11H14FNO2/c1-8(15-3)4-5-9-7-13(2)11(14)10(9)6-12/h4-5H,1,6-7H2,2-3H3/b5-4-. The van der Waals surface area contributed by atoms with Gasteiger partial charge in [-0.15, -0.1) is 0 Å². The number of nitrogens with zero attached hydrogens (tertiary/aromatic N) is 1. The van der Waals surface area contributed by atoms with Gasteiger partial charge in [0.15, 0.2) is 0 Å². The summed E-state index contributed by atoms with van der Waals surface area (Å²) in [6, 6.07) is 0. The lowest BCUT2D eigenvalue weighted by molar-refractivity contribution is -0.124. The summed E-state index contributed by atoms with van der Waals surface area (Å²) in [5.74, 6) is 0.225. The normalized spacial score (nSPS) is 16.7. The summed E-state index contributed by atoms with van der Waals surface area (Å²) in [4.78, 5) is 12.9. The lowest BCUT2D eigenvalue weighted by Crippen LogP contribution is -2.22. The fourth-order valence-electron chi connectivity index (χ4n) is 1.35. The highest BCUT2D eigenvalue weighted by molar-refractivity contribution is 5.97. The van der Waals surface area contributed by atoms with Crippen molar-refractivity contribution in [3.63, 3.8) is 0 Å². The molecule has 0 aromatic carbocycles. The first-order valence-electron chi connectivity index (χ1n) is 4.54. The molecule has 82 valence electrons. The summed E-state index contributed by atoms with van der Waals surface area (Å²) >= 11 is 0. The Morgan fingerprint density at radius 3 is 2.93 bits per heavy atom. The highest BCUT2D eigenvalue weighted by atomic mass is 19.1. The molecule has 1 aliphatic heterocycles. The van der Waals surface area contributed by atoms with E-state index >= 15 is 0 Å². The molecule has 0 atom stereocenters. The molecule has 0 aromatic heterocycles. The van der Waals surface area contributed by atoms with E-state index in [0.717, 1.165) is 0 Å². The Labute approximate surface area is 88.5 Å². The summed E-state index contributed by atoms with van der Waals surface area (Å²) in [6.07, 6.45) is 3.29. The maximum absolute atomic E-state index is 12.6. The van der Waals surface area contributed by atoms with Crippen LogP contribution in [0.4, 0.5) is 4.39 Å². The van der Waals surface area contributed by atoms with Crippen LogP contribution in [-0.4, -0.2) is 38.2 Å². The Bertz CT molecular complexity index is 344. The summed E-state index contributed by atoms with van der Waals surface area (Å²) in [6.45, 7) is 3.30. The molecule has 0 saturated heterocycles. The first-order chi connectivity index (χ1) is 7.10. The van der Waals surface area contributed by atoms with E-state index in [4.69, 9.17) is 4.74 Å². The van der Waals surface area contributed by atoms with Gasteiger partial charge in [-0.05, 0) is 11.6 Å². The van der Waals surface area contributed by atoms with Crippen LogP contribution in [0.25, 0.3) is 0 Å². The molecule has 0 spiro atoms. The van der Waals surface area contributed by atoms with Crippen molar-refractivity contribution in [1.29, 1.82) is 0 Å². The molecular weight excluding hydrogens is 197 g/mol. The number of likely N-dealkylation sites (N-methyl/N-ethyl adjacent to an activating group) is 1. The number of carbonyl (C=O) groups is 1. The predicted molar refractivity (Wildman–Crippen MR) is 55.9 cm³/mol. The van der Waals surface area contributed by atoms with Crippen molar-refractivity contribution in [1.82, 2.24) is 4.90 Å². The van der Waals surface area contributed by atoms with Crippen LogP contribution in [-0.2, 0) is 9.53 Å². The quantitative estimate of drug-likeness (QED) is 0.520. The summed E-state index contributed by atoms with van der Waals surface area (Å²) in [7, 11) is 3.15. The molecule has 15 heavy (non-hydrogen) atoms. The lowest BCUT2D eigenvalue weighted by atomic mass is 10.1. The summed E-state index contributed by atoms with van der Waals surface area (Å²) in [5.41, 5.74) is 0.904. The minimum absolute atomic E-state index is 0.220. The van der Waals surface area contributed by atoms with Crippen molar-refractivity contribution in [3.8, 4) is 0 Å². The number of ether oxygens (including phenoxy) is 1. The molecule has 1 heterocycles. The number of halogens is 1. The van der Waals surface area contributed by atoms with Crippen molar-refractivity contribution < 1.29 is 13.9 Å². The molecule has 0 aliphatic carbocycles. The van der Waals surface area contributed by atoms with Gasteiger partial charge in [-0.3, -0.25) is 4.79 Å². The van der Waals surface area contributed by atoms with E-state index in [0.29, 0.717) is 17.9 Å². The van der Waals surface area contributed by atoms with Crippen molar-refractivity contribution in [2.24, 2.45) is 0 Å². The number of methoxy groups -OCH3 is 1. The first-order valence-corrected chi connectivity index (χ1v) is 4.54. The van der Waals surface area contributed by atoms with Gasteiger partial charge in [0, 0.05) is 13.6 Å². The Morgan fingerprint density at radius 1 is 1.73 bits per heavy atom. The number of alkyl halides is 1. The van der Waals surface area contributed by atoms with E-state index in [1.807, 2.05) is 0 Å². The zero-order valence-electron chi connectivity index (χ0n) is 8.92. The number of carbonyl (C=O) groups excluding carboxylic acids is 1. The Morgan fingerprint density at radius 2 is 2.40 bits per heavy atom. The summed E-state index contributed by atoms with van der Waals surface area (Å²) in [5, 5.41) is 0. The van der Waals surface area contributed by atoms with Crippen LogP contribution in [0, 0.1) is 0 Å². The Kier molecular flexibility index (Phi) is 3.66. The predicted octanol–water partition coefficient (Wildman–Crippen LogP) is 1.44. The second-order valence-electron chi connectivity index (χ2n) is 3.30.